The maximum Gasteiger partial charge on any atom is 0.416 e. The topological polar surface area (TPSA) is 98.8 Å². The number of halogens is 3. The molecule has 25 heavy (non-hydrogen) atoms. The van der Waals surface area contributed by atoms with E-state index in [0.29, 0.717) is 12.1 Å². The molecule has 140 valence electrons. The van der Waals surface area contributed by atoms with E-state index in [1.54, 1.807) is 4.72 Å². The van der Waals surface area contributed by atoms with E-state index in [1.807, 2.05) is 0 Å². The van der Waals surface area contributed by atoms with Gasteiger partial charge in [-0.2, -0.15) is 17.9 Å². The summed E-state index contributed by atoms with van der Waals surface area (Å²) in [5, 5.41) is 0. The number of carbonyl (C=O) groups is 2. The summed E-state index contributed by atoms with van der Waals surface area (Å²) in [6.07, 6.45) is -4.76. The van der Waals surface area contributed by atoms with E-state index in [0.717, 1.165) is 12.1 Å². The number of rotatable bonds is 7. The van der Waals surface area contributed by atoms with Gasteiger partial charge in [-0.25, -0.2) is 18.0 Å². The highest BCUT2D eigenvalue weighted by atomic mass is 32.2. The predicted octanol–water partition coefficient (Wildman–Crippen LogP) is 1.48. The van der Waals surface area contributed by atoms with Crippen molar-refractivity contribution in [1.29, 1.82) is 0 Å². The van der Waals surface area contributed by atoms with Crippen LogP contribution in [0.2, 0.25) is 0 Å². The van der Waals surface area contributed by atoms with Crippen molar-refractivity contribution in [3.05, 3.63) is 29.8 Å². The standard InChI is InChI=1S/C14H16F3NO6S/c1-3-23-12(19)11(13(20)24-4-2)18-25(21,22)10-7-5-6-9(8-10)14(15,16)17/h5-8,11,18H,3-4H2,1-2H3. The first kappa shape index (κ1) is 20.9. The molecule has 0 aliphatic carbocycles. The number of sulfonamides is 1. The number of benzene rings is 1. The van der Waals surface area contributed by atoms with Crippen molar-refractivity contribution < 1.29 is 40.7 Å². The Morgan fingerprint density at radius 1 is 1.12 bits per heavy atom. The van der Waals surface area contributed by atoms with E-state index in [4.69, 9.17) is 0 Å². The fraction of sp³-hybridized carbons (Fsp3) is 0.429. The highest BCUT2D eigenvalue weighted by Gasteiger charge is 2.36. The summed E-state index contributed by atoms with van der Waals surface area (Å²) in [4.78, 5) is 22.8. The van der Waals surface area contributed by atoms with Crippen LogP contribution in [0.15, 0.2) is 29.2 Å². The van der Waals surface area contributed by atoms with Gasteiger partial charge in [0.05, 0.1) is 23.7 Å². The van der Waals surface area contributed by atoms with Crippen LogP contribution >= 0.6 is 0 Å². The van der Waals surface area contributed by atoms with Gasteiger partial charge in [-0.05, 0) is 32.0 Å². The second kappa shape index (κ2) is 8.30. The van der Waals surface area contributed by atoms with Crippen LogP contribution in [-0.2, 0) is 35.3 Å². The van der Waals surface area contributed by atoms with Crippen LogP contribution in [0.3, 0.4) is 0 Å². The molecule has 0 radical (unpaired) electrons. The van der Waals surface area contributed by atoms with Crippen LogP contribution in [0.4, 0.5) is 13.2 Å². The molecule has 1 rings (SSSR count). The van der Waals surface area contributed by atoms with Gasteiger partial charge in [0, 0.05) is 0 Å². The molecule has 0 bridgehead atoms. The molecule has 11 heteroatoms. The van der Waals surface area contributed by atoms with Gasteiger partial charge >= 0.3 is 18.1 Å². The monoisotopic (exact) mass is 383 g/mol. The molecule has 0 fully saturated rings. The van der Waals surface area contributed by atoms with Crippen LogP contribution in [-0.4, -0.2) is 39.6 Å². The molecule has 7 nitrogen and oxygen atoms in total. The van der Waals surface area contributed by atoms with E-state index in [2.05, 4.69) is 9.47 Å². The van der Waals surface area contributed by atoms with Gasteiger partial charge in [0.1, 0.15) is 0 Å². The van der Waals surface area contributed by atoms with Gasteiger partial charge in [0.15, 0.2) is 0 Å². The Labute approximate surface area is 142 Å². The molecule has 0 aliphatic rings. The molecule has 1 aromatic rings. The summed E-state index contributed by atoms with van der Waals surface area (Å²) >= 11 is 0. The maximum absolute atomic E-state index is 12.7. The van der Waals surface area contributed by atoms with Gasteiger partial charge in [0.25, 0.3) is 0 Å². The van der Waals surface area contributed by atoms with E-state index in [-0.39, 0.29) is 13.2 Å². The minimum Gasteiger partial charge on any atom is -0.464 e. The molecular formula is C14H16F3NO6S. The van der Waals surface area contributed by atoms with Crippen molar-refractivity contribution in [3.8, 4) is 0 Å². The first-order chi connectivity index (χ1) is 11.5. The van der Waals surface area contributed by atoms with Crippen molar-refractivity contribution >= 4 is 22.0 Å². The molecule has 0 saturated carbocycles. The zero-order valence-electron chi connectivity index (χ0n) is 13.3. The van der Waals surface area contributed by atoms with Gasteiger partial charge in [-0.15, -0.1) is 0 Å². The molecule has 0 amide bonds. The number of carbonyl (C=O) groups excluding carboxylic acids is 2. The Morgan fingerprint density at radius 3 is 2.08 bits per heavy atom. The summed E-state index contributed by atoms with van der Waals surface area (Å²) in [5.74, 6) is -2.45. The van der Waals surface area contributed by atoms with Crippen LogP contribution in [0.5, 0.6) is 0 Å². The van der Waals surface area contributed by atoms with Crippen molar-refractivity contribution in [3.63, 3.8) is 0 Å². The number of esters is 2. The van der Waals surface area contributed by atoms with Crippen molar-refractivity contribution in [2.75, 3.05) is 13.2 Å². The molecule has 1 aromatic carbocycles. The highest BCUT2D eigenvalue weighted by Crippen LogP contribution is 2.30. The van der Waals surface area contributed by atoms with Gasteiger partial charge in [0.2, 0.25) is 16.1 Å². The van der Waals surface area contributed by atoms with Crippen molar-refractivity contribution in [2.24, 2.45) is 0 Å². The second-order valence-electron chi connectivity index (χ2n) is 4.58. The normalized spacial score (nSPS) is 12.1. The van der Waals surface area contributed by atoms with Crippen molar-refractivity contribution in [2.45, 2.75) is 31.0 Å². The second-order valence-corrected chi connectivity index (χ2v) is 6.30. The molecule has 1 N–H and O–H groups in total. The van der Waals surface area contributed by atoms with E-state index < -0.39 is 44.6 Å². The Kier molecular flexibility index (Phi) is 6.94. The number of hydrogen-bond acceptors (Lipinski definition) is 6. The molecular weight excluding hydrogens is 367 g/mol. The fourth-order valence-corrected chi connectivity index (χ4v) is 2.89. The Hall–Kier alpha value is -2.14. The lowest BCUT2D eigenvalue weighted by molar-refractivity contribution is -0.157. The fourth-order valence-electron chi connectivity index (χ4n) is 1.71. The Balaban J connectivity index is 3.18. The lowest BCUT2D eigenvalue weighted by atomic mass is 10.2. The third-order valence-corrected chi connectivity index (χ3v) is 4.21. The zero-order chi connectivity index (χ0) is 19.3. The lowest BCUT2D eigenvalue weighted by Crippen LogP contribution is -2.48. The maximum atomic E-state index is 12.7. The lowest BCUT2D eigenvalue weighted by Gasteiger charge is -2.16. The van der Waals surface area contributed by atoms with Crippen LogP contribution in [0.1, 0.15) is 19.4 Å². The van der Waals surface area contributed by atoms with E-state index in [9.17, 15) is 31.2 Å². The zero-order valence-corrected chi connectivity index (χ0v) is 14.1. The molecule has 0 saturated heterocycles. The van der Waals surface area contributed by atoms with Gasteiger partial charge in [-0.1, -0.05) is 6.07 Å². The van der Waals surface area contributed by atoms with Gasteiger partial charge in [-0.3, -0.25) is 0 Å². The summed E-state index contributed by atoms with van der Waals surface area (Å²) in [6, 6.07) is 0.828. The van der Waals surface area contributed by atoms with E-state index in [1.165, 1.54) is 13.8 Å². The van der Waals surface area contributed by atoms with Gasteiger partial charge < -0.3 is 9.47 Å². The number of alkyl halides is 3. The smallest absolute Gasteiger partial charge is 0.416 e. The molecule has 0 heterocycles. The average molecular weight is 383 g/mol. The Bertz CT molecular complexity index is 714. The molecule has 0 unspecified atom stereocenters. The van der Waals surface area contributed by atoms with E-state index >= 15 is 0 Å². The molecule has 0 aliphatic heterocycles. The first-order valence-corrected chi connectivity index (χ1v) is 8.54. The van der Waals surface area contributed by atoms with Crippen molar-refractivity contribution in [1.82, 2.24) is 4.72 Å². The number of hydrogen-bond donors (Lipinski definition) is 1. The summed E-state index contributed by atoms with van der Waals surface area (Å²) in [6.45, 7) is 2.59. The average Bonchev–Trinajstić information content (AvgIpc) is 2.52. The third-order valence-electron chi connectivity index (χ3n) is 2.79. The van der Waals surface area contributed by atoms with Crippen LogP contribution < -0.4 is 4.72 Å². The number of ether oxygens (including phenoxy) is 2. The highest BCUT2D eigenvalue weighted by molar-refractivity contribution is 7.89. The SMILES string of the molecule is CCOC(=O)C(NS(=O)(=O)c1cccc(C(F)(F)F)c1)C(=O)OCC. The quantitative estimate of drug-likeness (QED) is 0.566. The summed E-state index contributed by atoms with van der Waals surface area (Å²) in [7, 11) is -4.62. The minimum absolute atomic E-state index is 0.139. The molecule has 0 atom stereocenters. The summed E-state index contributed by atoms with van der Waals surface area (Å²) in [5.41, 5.74) is -1.20. The largest absolute Gasteiger partial charge is 0.464 e. The van der Waals surface area contributed by atoms with Crippen LogP contribution in [0.25, 0.3) is 0 Å². The first-order valence-electron chi connectivity index (χ1n) is 7.05. The Morgan fingerprint density at radius 2 is 1.64 bits per heavy atom. The molecule has 0 spiro atoms. The number of nitrogens with one attached hydrogen (secondary N) is 1. The minimum atomic E-state index is -4.76. The predicted molar refractivity (Wildman–Crippen MR) is 78.8 cm³/mol. The van der Waals surface area contributed by atoms with Crippen LogP contribution in [0, 0.1) is 0 Å². The molecule has 0 aromatic heterocycles. The summed E-state index contributed by atoms with van der Waals surface area (Å²) < 4.78 is 73.5. The third kappa shape index (κ3) is 5.71.